The molecule has 0 saturated carbocycles. The molecule has 161 valence electrons. The van der Waals surface area contributed by atoms with E-state index in [-0.39, 0.29) is 11.1 Å². The first-order valence-corrected chi connectivity index (χ1v) is 10.4. The largest absolute Gasteiger partial charge is 0.401 e. The molecule has 0 aliphatic carbocycles. The van der Waals surface area contributed by atoms with Crippen LogP contribution in [0.1, 0.15) is 16.7 Å². The molecule has 4 rings (SSSR count). The number of benzene rings is 4. The highest BCUT2D eigenvalue weighted by Gasteiger charge is 2.48. The monoisotopic (exact) mass is 453 g/mol. The van der Waals surface area contributed by atoms with Crippen molar-refractivity contribution in [2.24, 2.45) is 0 Å². The maximum absolute atomic E-state index is 12.5. The summed E-state index contributed by atoms with van der Waals surface area (Å²) in [7, 11) is 3.15. The smallest absolute Gasteiger partial charge is 0.290 e. The number of rotatable bonds is 7. The maximum atomic E-state index is 12.5. The van der Waals surface area contributed by atoms with E-state index in [0.29, 0.717) is 16.7 Å². The zero-order valence-electron chi connectivity index (χ0n) is 17.3. The first-order valence-electron chi connectivity index (χ1n) is 9.98. The fourth-order valence-corrected chi connectivity index (χ4v) is 4.43. The summed E-state index contributed by atoms with van der Waals surface area (Å²) in [5.74, 6) is 0. The Morgan fingerprint density at radius 3 is 1.58 bits per heavy atom. The van der Waals surface area contributed by atoms with Crippen LogP contribution in [0.15, 0.2) is 103 Å². The lowest BCUT2D eigenvalue weighted by Crippen LogP contribution is -2.34. The summed E-state index contributed by atoms with van der Waals surface area (Å²) in [6.07, 6.45) is 0. The second-order valence-electron chi connectivity index (χ2n) is 7.25. The maximum Gasteiger partial charge on any atom is 0.290 e. The van der Waals surface area contributed by atoms with E-state index in [1.165, 1.54) is 12.1 Å². The van der Waals surface area contributed by atoms with E-state index in [1.807, 2.05) is 0 Å². The van der Waals surface area contributed by atoms with Gasteiger partial charge in [0.1, 0.15) is 11.2 Å². The molecule has 0 saturated heterocycles. The quantitative estimate of drug-likeness (QED) is 0.158. The van der Waals surface area contributed by atoms with E-state index in [4.69, 9.17) is 4.43 Å². The molecule has 0 bridgehead atoms. The molecule has 4 aromatic carbocycles. The predicted octanol–water partition coefficient (Wildman–Crippen LogP) is 5.56. The first-order chi connectivity index (χ1) is 16.0. The fraction of sp³-hybridized carbons (Fsp3) is 0.0400. The Bertz CT molecular complexity index is 1260. The topological polar surface area (TPSA) is 95.5 Å². The summed E-state index contributed by atoms with van der Waals surface area (Å²) < 4.78 is 5.87. The molecule has 0 atom stereocenters. The van der Waals surface area contributed by atoms with Gasteiger partial charge in [-0.05, 0) is 22.8 Å². The highest BCUT2D eigenvalue weighted by atomic mass is 28.2. The van der Waals surface area contributed by atoms with Crippen LogP contribution >= 0.6 is 0 Å². The van der Waals surface area contributed by atoms with Gasteiger partial charge in [0.25, 0.3) is 11.4 Å². The van der Waals surface area contributed by atoms with Crippen LogP contribution in [0.25, 0.3) is 11.1 Å². The van der Waals surface area contributed by atoms with Gasteiger partial charge in [0.2, 0.25) is 10.5 Å². The SMILES string of the molecule is O=[N+]([O-])c1ccc(-c2ccccc2)c([N+](=O)[O-])c1C(O[Si])(c1ccccc1)c1ccccc1. The molecule has 0 aliphatic heterocycles. The van der Waals surface area contributed by atoms with Crippen LogP contribution < -0.4 is 0 Å². The van der Waals surface area contributed by atoms with Crippen LogP contribution in [0, 0.1) is 20.2 Å². The van der Waals surface area contributed by atoms with E-state index >= 15 is 0 Å². The molecule has 33 heavy (non-hydrogen) atoms. The zero-order valence-corrected chi connectivity index (χ0v) is 18.3. The minimum atomic E-state index is -1.69. The van der Waals surface area contributed by atoms with Crippen molar-refractivity contribution >= 4 is 21.9 Å². The average Bonchev–Trinajstić information content (AvgIpc) is 2.86. The molecule has 3 radical (unpaired) electrons. The van der Waals surface area contributed by atoms with Crippen LogP contribution in [0.5, 0.6) is 0 Å². The van der Waals surface area contributed by atoms with Gasteiger partial charge in [-0.3, -0.25) is 20.2 Å². The van der Waals surface area contributed by atoms with Crippen molar-refractivity contribution in [3.05, 3.63) is 140 Å². The van der Waals surface area contributed by atoms with Crippen LogP contribution in [-0.4, -0.2) is 20.3 Å². The average molecular weight is 454 g/mol. The van der Waals surface area contributed by atoms with Gasteiger partial charge in [-0.25, -0.2) is 0 Å². The van der Waals surface area contributed by atoms with Gasteiger partial charge in [-0.15, -0.1) is 0 Å². The third-order valence-electron chi connectivity index (χ3n) is 5.49. The summed E-state index contributed by atoms with van der Waals surface area (Å²) in [5, 5.41) is 24.7. The number of nitrogens with zero attached hydrogens (tertiary/aromatic N) is 2. The minimum absolute atomic E-state index is 0.175. The van der Waals surface area contributed by atoms with Gasteiger partial charge in [0.15, 0.2) is 0 Å². The Morgan fingerprint density at radius 1 is 0.667 bits per heavy atom. The zero-order chi connectivity index (χ0) is 23.4. The molecule has 0 heterocycles. The van der Waals surface area contributed by atoms with Crippen molar-refractivity contribution in [1.29, 1.82) is 0 Å². The lowest BCUT2D eigenvalue weighted by atomic mass is 9.77. The lowest BCUT2D eigenvalue weighted by Gasteiger charge is -2.34. The third kappa shape index (κ3) is 3.82. The number of hydrogen-bond acceptors (Lipinski definition) is 5. The van der Waals surface area contributed by atoms with Crippen LogP contribution in [-0.2, 0) is 10.0 Å². The van der Waals surface area contributed by atoms with E-state index in [0.717, 1.165) is 0 Å². The molecule has 0 N–H and O–H groups in total. The lowest BCUT2D eigenvalue weighted by molar-refractivity contribution is -0.396. The summed E-state index contributed by atoms with van der Waals surface area (Å²) >= 11 is 0. The Morgan fingerprint density at radius 2 is 1.15 bits per heavy atom. The molecule has 0 unspecified atom stereocenters. The minimum Gasteiger partial charge on any atom is -0.401 e. The Balaban J connectivity index is 2.22. The van der Waals surface area contributed by atoms with Crippen molar-refractivity contribution in [2.45, 2.75) is 5.60 Å². The van der Waals surface area contributed by atoms with E-state index < -0.39 is 26.8 Å². The molecule has 8 heteroatoms. The van der Waals surface area contributed by atoms with E-state index in [1.54, 1.807) is 91.0 Å². The number of hydrogen-bond donors (Lipinski definition) is 0. The normalized spacial score (nSPS) is 11.2. The molecular weight excluding hydrogens is 436 g/mol. The molecule has 7 nitrogen and oxygen atoms in total. The molecule has 0 fully saturated rings. The third-order valence-corrected chi connectivity index (χ3v) is 5.79. The molecule has 0 aliphatic rings. The Labute approximate surface area is 193 Å². The van der Waals surface area contributed by atoms with Crippen molar-refractivity contribution in [2.75, 3.05) is 0 Å². The number of nitro groups is 2. The van der Waals surface area contributed by atoms with Crippen molar-refractivity contribution in [3.63, 3.8) is 0 Å². The first kappa shape index (κ1) is 22.1. The van der Waals surface area contributed by atoms with Gasteiger partial charge in [0, 0.05) is 6.07 Å². The van der Waals surface area contributed by atoms with E-state index in [2.05, 4.69) is 10.5 Å². The Hall–Kier alpha value is -4.14. The molecule has 4 aromatic rings. The summed E-state index contributed by atoms with van der Waals surface area (Å²) in [4.78, 5) is 23.5. The number of nitro benzene ring substituents is 2. The van der Waals surface area contributed by atoms with E-state index in [9.17, 15) is 20.2 Å². The predicted molar refractivity (Wildman–Crippen MR) is 125 cm³/mol. The molecule has 0 aromatic heterocycles. The summed E-state index contributed by atoms with van der Waals surface area (Å²) in [5.41, 5.74) is -0.898. The molecule has 0 spiro atoms. The van der Waals surface area contributed by atoms with Gasteiger partial charge in [-0.1, -0.05) is 91.0 Å². The van der Waals surface area contributed by atoms with Crippen molar-refractivity contribution in [1.82, 2.24) is 0 Å². The fourth-order valence-electron chi connectivity index (χ4n) is 4.09. The molecule has 0 amide bonds. The summed E-state index contributed by atoms with van der Waals surface area (Å²) in [6.45, 7) is 0. The highest BCUT2D eigenvalue weighted by Crippen LogP contribution is 2.50. The van der Waals surface area contributed by atoms with Crippen LogP contribution in [0.2, 0.25) is 0 Å². The van der Waals surface area contributed by atoms with Gasteiger partial charge < -0.3 is 4.43 Å². The van der Waals surface area contributed by atoms with Crippen molar-refractivity contribution in [3.8, 4) is 11.1 Å². The van der Waals surface area contributed by atoms with Crippen LogP contribution in [0.3, 0.4) is 0 Å². The van der Waals surface area contributed by atoms with Gasteiger partial charge in [-0.2, -0.15) is 0 Å². The van der Waals surface area contributed by atoms with Gasteiger partial charge >= 0.3 is 0 Å². The highest BCUT2D eigenvalue weighted by molar-refractivity contribution is 5.99. The summed E-state index contributed by atoms with van der Waals surface area (Å²) in [6, 6.07) is 28.9. The second-order valence-corrected chi connectivity index (χ2v) is 7.46. The van der Waals surface area contributed by atoms with Gasteiger partial charge in [0.05, 0.1) is 15.4 Å². The van der Waals surface area contributed by atoms with Crippen LogP contribution in [0.4, 0.5) is 11.4 Å². The second kappa shape index (κ2) is 9.15. The Kier molecular flexibility index (Phi) is 6.12. The standard InChI is InChI=1S/C25H17N2O5Si/c28-26(29)22-17-16-21(18-10-4-1-5-11-18)24(27(30)31)23(22)25(32-33,19-12-6-2-7-13-19)20-14-8-3-9-15-20/h1-17H. The van der Waals surface area contributed by atoms with Crippen molar-refractivity contribution < 1.29 is 14.3 Å². The molecular formula is C25H17N2O5Si.